The summed E-state index contributed by atoms with van der Waals surface area (Å²) < 4.78 is 26.2. The minimum absolute atomic E-state index is 0.343. The molecule has 0 aromatic heterocycles. The molecule has 22 heavy (non-hydrogen) atoms. The summed E-state index contributed by atoms with van der Waals surface area (Å²) >= 11 is 0. The number of benzene rings is 1. The Morgan fingerprint density at radius 1 is 1.18 bits per heavy atom. The van der Waals surface area contributed by atoms with Crippen molar-refractivity contribution in [2.24, 2.45) is 11.8 Å². The van der Waals surface area contributed by atoms with Gasteiger partial charge in [-0.3, -0.25) is 9.59 Å². The van der Waals surface area contributed by atoms with Gasteiger partial charge in [-0.1, -0.05) is 18.9 Å². The molecule has 0 radical (unpaired) electrons. The molecule has 6 heteroatoms. The fraction of sp³-hybridized carbons (Fsp3) is 0.500. The number of aliphatic carboxylic acids is 1. The molecule has 1 amide bonds. The Morgan fingerprint density at radius 3 is 2.41 bits per heavy atom. The molecule has 4 nitrogen and oxygen atoms in total. The van der Waals surface area contributed by atoms with Crippen molar-refractivity contribution in [3.05, 3.63) is 35.4 Å². The zero-order valence-corrected chi connectivity index (χ0v) is 12.3. The van der Waals surface area contributed by atoms with Gasteiger partial charge in [-0.05, 0) is 37.5 Å². The maximum Gasteiger partial charge on any atom is 0.307 e. The molecular weight excluding hydrogens is 292 g/mol. The number of carboxylic acid groups (broad SMARTS) is 1. The summed E-state index contributed by atoms with van der Waals surface area (Å²) in [6.45, 7) is 1.66. The van der Waals surface area contributed by atoms with E-state index >= 15 is 0 Å². The van der Waals surface area contributed by atoms with Gasteiger partial charge in [0.2, 0.25) is 5.91 Å². The van der Waals surface area contributed by atoms with Gasteiger partial charge in [0.15, 0.2) is 11.6 Å². The third-order valence-electron chi connectivity index (χ3n) is 4.22. The van der Waals surface area contributed by atoms with Gasteiger partial charge >= 0.3 is 5.97 Å². The lowest BCUT2D eigenvalue weighted by atomic mass is 9.78. The van der Waals surface area contributed by atoms with E-state index in [4.69, 9.17) is 0 Å². The van der Waals surface area contributed by atoms with Crippen LogP contribution in [0.15, 0.2) is 18.2 Å². The quantitative estimate of drug-likeness (QED) is 0.898. The van der Waals surface area contributed by atoms with Gasteiger partial charge in [0.25, 0.3) is 0 Å². The molecule has 120 valence electrons. The molecule has 1 aliphatic carbocycles. The lowest BCUT2D eigenvalue weighted by Gasteiger charge is -2.28. The maximum atomic E-state index is 13.2. The fourth-order valence-electron chi connectivity index (χ4n) is 2.93. The molecule has 0 saturated heterocycles. The Bertz CT molecular complexity index is 577. The standard InChI is InChI=1S/C16H19F2NO3/c1-9(10-6-7-13(17)14(18)8-10)19-15(20)11-4-2-3-5-12(11)16(21)22/h6-9,11-12H,2-5H2,1H3,(H,19,20)(H,21,22). The van der Waals surface area contributed by atoms with Crippen molar-refractivity contribution < 1.29 is 23.5 Å². The molecular formula is C16H19F2NO3. The highest BCUT2D eigenvalue weighted by molar-refractivity contribution is 5.85. The second-order valence-corrected chi connectivity index (χ2v) is 5.74. The second kappa shape index (κ2) is 6.85. The van der Waals surface area contributed by atoms with Gasteiger partial charge < -0.3 is 10.4 Å². The summed E-state index contributed by atoms with van der Waals surface area (Å²) in [4.78, 5) is 23.5. The van der Waals surface area contributed by atoms with Crippen molar-refractivity contribution in [1.29, 1.82) is 0 Å². The summed E-state index contributed by atoms with van der Waals surface area (Å²) in [6, 6.07) is 2.93. The number of amides is 1. The van der Waals surface area contributed by atoms with Crippen LogP contribution < -0.4 is 5.32 Å². The van der Waals surface area contributed by atoms with Crippen LogP contribution in [0.25, 0.3) is 0 Å². The minimum Gasteiger partial charge on any atom is -0.481 e. The van der Waals surface area contributed by atoms with Crippen molar-refractivity contribution >= 4 is 11.9 Å². The number of carbonyl (C=O) groups excluding carboxylic acids is 1. The Kier molecular flexibility index (Phi) is 5.11. The molecule has 0 aliphatic heterocycles. The number of halogens is 2. The van der Waals surface area contributed by atoms with Crippen molar-refractivity contribution in [2.45, 2.75) is 38.6 Å². The number of nitrogens with one attached hydrogen (secondary N) is 1. The minimum atomic E-state index is -0.973. The highest BCUT2D eigenvalue weighted by atomic mass is 19.2. The van der Waals surface area contributed by atoms with Gasteiger partial charge in [0.05, 0.1) is 17.9 Å². The third kappa shape index (κ3) is 3.61. The summed E-state index contributed by atoms with van der Waals surface area (Å²) in [5.74, 6) is -4.46. The maximum absolute atomic E-state index is 13.2. The van der Waals surface area contributed by atoms with Crippen LogP contribution in [-0.4, -0.2) is 17.0 Å². The van der Waals surface area contributed by atoms with Crippen LogP contribution >= 0.6 is 0 Å². The number of hydrogen-bond acceptors (Lipinski definition) is 2. The smallest absolute Gasteiger partial charge is 0.307 e. The van der Waals surface area contributed by atoms with Gasteiger partial charge in [-0.15, -0.1) is 0 Å². The highest BCUT2D eigenvalue weighted by Crippen LogP contribution is 2.31. The molecule has 2 rings (SSSR count). The average molecular weight is 311 g/mol. The van der Waals surface area contributed by atoms with E-state index in [9.17, 15) is 23.5 Å². The topological polar surface area (TPSA) is 66.4 Å². The predicted octanol–water partition coefficient (Wildman–Crippen LogP) is 3.03. The molecule has 3 atom stereocenters. The number of carboxylic acids is 1. The summed E-state index contributed by atoms with van der Waals surface area (Å²) in [5.41, 5.74) is 0.440. The molecule has 1 aliphatic rings. The Balaban J connectivity index is 2.06. The van der Waals surface area contributed by atoms with Crippen LogP contribution in [0.1, 0.15) is 44.2 Å². The molecule has 0 heterocycles. The molecule has 3 unspecified atom stereocenters. The Labute approximate surface area is 127 Å². The molecule has 1 fully saturated rings. The first-order chi connectivity index (χ1) is 10.4. The largest absolute Gasteiger partial charge is 0.481 e. The predicted molar refractivity (Wildman–Crippen MR) is 76.0 cm³/mol. The first kappa shape index (κ1) is 16.4. The van der Waals surface area contributed by atoms with E-state index in [1.54, 1.807) is 6.92 Å². The van der Waals surface area contributed by atoms with Crippen LogP contribution in [0.5, 0.6) is 0 Å². The van der Waals surface area contributed by atoms with Gasteiger partial charge in [-0.25, -0.2) is 8.78 Å². The van der Waals surface area contributed by atoms with Crippen LogP contribution in [0, 0.1) is 23.5 Å². The molecule has 0 spiro atoms. The lowest BCUT2D eigenvalue weighted by molar-refractivity contribution is -0.149. The lowest BCUT2D eigenvalue weighted by Crippen LogP contribution is -2.40. The van der Waals surface area contributed by atoms with Crippen LogP contribution in [0.3, 0.4) is 0 Å². The highest BCUT2D eigenvalue weighted by Gasteiger charge is 2.36. The Hall–Kier alpha value is -1.98. The van der Waals surface area contributed by atoms with Crippen molar-refractivity contribution in [1.82, 2.24) is 5.32 Å². The van der Waals surface area contributed by atoms with Gasteiger partial charge in [0, 0.05) is 0 Å². The second-order valence-electron chi connectivity index (χ2n) is 5.74. The van der Waals surface area contributed by atoms with Gasteiger partial charge in [0.1, 0.15) is 0 Å². The third-order valence-corrected chi connectivity index (χ3v) is 4.22. The van der Waals surface area contributed by atoms with E-state index in [-0.39, 0.29) is 5.91 Å². The first-order valence-electron chi connectivity index (χ1n) is 7.38. The van der Waals surface area contributed by atoms with E-state index < -0.39 is 35.5 Å². The number of hydrogen-bond donors (Lipinski definition) is 2. The first-order valence-corrected chi connectivity index (χ1v) is 7.38. The van der Waals surface area contributed by atoms with E-state index in [1.807, 2.05) is 0 Å². The molecule has 2 N–H and O–H groups in total. The fourth-order valence-corrected chi connectivity index (χ4v) is 2.93. The molecule has 1 aromatic carbocycles. The van der Waals surface area contributed by atoms with Crippen molar-refractivity contribution in [3.8, 4) is 0 Å². The van der Waals surface area contributed by atoms with Crippen molar-refractivity contribution in [3.63, 3.8) is 0 Å². The molecule has 0 bridgehead atoms. The van der Waals surface area contributed by atoms with E-state index in [2.05, 4.69) is 5.32 Å². The molecule has 1 saturated carbocycles. The normalized spacial score (nSPS) is 22.9. The van der Waals surface area contributed by atoms with Gasteiger partial charge in [-0.2, -0.15) is 0 Å². The van der Waals surface area contributed by atoms with Crippen LogP contribution in [-0.2, 0) is 9.59 Å². The molecule has 1 aromatic rings. The number of rotatable bonds is 4. The zero-order valence-electron chi connectivity index (χ0n) is 12.3. The summed E-state index contributed by atoms with van der Waals surface area (Å²) in [6.07, 6.45) is 2.65. The summed E-state index contributed by atoms with van der Waals surface area (Å²) in [5, 5.41) is 11.9. The van der Waals surface area contributed by atoms with E-state index in [0.717, 1.165) is 25.0 Å². The zero-order chi connectivity index (χ0) is 16.3. The SMILES string of the molecule is CC(NC(=O)C1CCCCC1C(=O)O)c1ccc(F)c(F)c1. The van der Waals surface area contributed by atoms with E-state index in [1.165, 1.54) is 6.07 Å². The summed E-state index contributed by atoms with van der Waals surface area (Å²) in [7, 11) is 0. The average Bonchev–Trinajstić information content (AvgIpc) is 2.49. The van der Waals surface area contributed by atoms with Crippen molar-refractivity contribution in [2.75, 3.05) is 0 Å². The van der Waals surface area contributed by atoms with Crippen LogP contribution in [0.2, 0.25) is 0 Å². The Morgan fingerprint density at radius 2 is 1.82 bits per heavy atom. The van der Waals surface area contributed by atoms with Crippen LogP contribution in [0.4, 0.5) is 8.78 Å². The van der Waals surface area contributed by atoms with E-state index in [0.29, 0.717) is 18.4 Å². The monoisotopic (exact) mass is 311 g/mol. The number of carbonyl (C=O) groups is 2.